The van der Waals surface area contributed by atoms with Crippen molar-refractivity contribution in [1.29, 1.82) is 5.26 Å². The number of rotatable bonds is 6. The third-order valence-electron chi connectivity index (χ3n) is 3.97. The maximum Gasteiger partial charge on any atom is 0.270 e. The van der Waals surface area contributed by atoms with E-state index in [4.69, 9.17) is 5.26 Å². The second-order valence-corrected chi connectivity index (χ2v) is 6.16. The third kappa shape index (κ3) is 5.11. The molecular formula is C21H18FN5O. The Morgan fingerprint density at radius 2 is 1.82 bits per heavy atom. The van der Waals surface area contributed by atoms with E-state index in [-0.39, 0.29) is 17.4 Å². The second kappa shape index (κ2) is 8.73. The molecule has 1 aromatic heterocycles. The highest BCUT2D eigenvalue weighted by Crippen LogP contribution is 2.15. The molecule has 7 heteroatoms. The normalized spacial score (nSPS) is 10.2. The van der Waals surface area contributed by atoms with Crippen LogP contribution in [0.2, 0.25) is 0 Å². The monoisotopic (exact) mass is 375 g/mol. The average molecular weight is 375 g/mol. The summed E-state index contributed by atoms with van der Waals surface area (Å²) in [6.45, 7) is 2.19. The molecule has 0 bridgehead atoms. The van der Waals surface area contributed by atoms with E-state index in [9.17, 15) is 9.18 Å². The number of hydrogen-bond donors (Lipinski definition) is 2. The zero-order valence-corrected chi connectivity index (χ0v) is 15.2. The van der Waals surface area contributed by atoms with Crippen LogP contribution in [0, 0.1) is 24.1 Å². The molecule has 0 aliphatic heterocycles. The highest BCUT2D eigenvalue weighted by molar-refractivity contribution is 5.92. The molecule has 0 aliphatic rings. The predicted octanol–water partition coefficient (Wildman–Crippen LogP) is 3.51. The Labute approximate surface area is 162 Å². The van der Waals surface area contributed by atoms with Gasteiger partial charge in [0.05, 0.1) is 11.6 Å². The Morgan fingerprint density at radius 3 is 2.50 bits per heavy atom. The number of nitrogens with zero attached hydrogens (tertiary/aromatic N) is 3. The lowest BCUT2D eigenvalue weighted by Crippen LogP contribution is -2.27. The van der Waals surface area contributed by atoms with Gasteiger partial charge in [0, 0.05) is 17.9 Å². The van der Waals surface area contributed by atoms with Crippen LogP contribution < -0.4 is 10.6 Å². The maximum absolute atomic E-state index is 12.9. The highest BCUT2D eigenvalue weighted by atomic mass is 19.1. The molecular weight excluding hydrogens is 357 g/mol. The molecule has 0 saturated carbocycles. The standard InChI is InChI=1S/C21H18FN5O/c1-14-12-19(20(28)24-11-10-15-2-6-17(22)7-3-15)27-21(25-14)26-18-8-4-16(13-23)5-9-18/h2-9,12H,10-11H2,1H3,(H,24,28)(H,25,26,27). The molecule has 2 aromatic carbocycles. The van der Waals surface area contributed by atoms with E-state index in [1.165, 1.54) is 12.1 Å². The van der Waals surface area contributed by atoms with Gasteiger partial charge in [0.15, 0.2) is 0 Å². The summed E-state index contributed by atoms with van der Waals surface area (Å²) in [5, 5.41) is 14.7. The van der Waals surface area contributed by atoms with Crippen LogP contribution in [0.1, 0.15) is 27.3 Å². The smallest absolute Gasteiger partial charge is 0.270 e. The van der Waals surface area contributed by atoms with Gasteiger partial charge in [0.2, 0.25) is 5.95 Å². The van der Waals surface area contributed by atoms with E-state index >= 15 is 0 Å². The van der Waals surface area contributed by atoms with Crippen molar-refractivity contribution in [3.63, 3.8) is 0 Å². The molecule has 3 rings (SSSR count). The maximum atomic E-state index is 12.9. The number of hydrogen-bond acceptors (Lipinski definition) is 5. The third-order valence-corrected chi connectivity index (χ3v) is 3.97. The van der Waals surface area contributed by atoms with E-state index < -0.39 is 0 Å². The number of amides is 1. The lowest BCUT2D eigenvalue weighted by atomic mass is 10.1. The van der Waals surface area contributed by atoms with E-state index in [0.717, 1.165) is 5.56 Å². The van der Waals surface area contributed by atoms with Crippen molar-refractivity contribution >= 4 is 17.5 Å². The molecule has 140 valence electrons. The zero-order chi connectivity index (χ0) is 19.9. The molecule has 0 spiro atoms. The molecule has 28 heavy (non-hydrogen) atoms. The molecule has 0 fully saturated rings. The van der Waals surface area contributed by atoms with Crippen LogP contribution in [0.15, 0.2) is 54.6 Å². The zero-order valence-electron chi connectivity index (χ0n) is 15.2. The van der Waals surface area contributed by atoms with Gasteiger partial charge in [-0.05, 0) is 61.4 Å². The SMILES string of the molecule is Cc1cc(C(=O)NCCc2ccc(F)cc2)nc(Nc2ccc(C#N)cc2)n1. The van der Waals surface area contributed by atoms with Gasteiger partial charge in [-0.15, -0.1) is 0 Å². The fourth-order valence-corrected chi connectivity index (χ4v) is 2.56. The number of carbonyl (C=O) groups excluding carboxylic acids is 1. The summed E-state index contributed by atoms with van der Waals surface area (Å²) in [4.78, 5) is 21.0. The van der Waals surface area contributed by atoms with E-state index in [0.29, 0.717) is 35.9 Å². The molecule has 0 atom stereocenters. The molecule has 2 N–H and O–H groups in total. The summed E-state index contributed by atoms with van der Waals surface area (Å²) >= 11 is 0. The van der Waals surface area contributed by atoms with Gasteiger partial charge in [0.1, 0.15) is 11.5 Å². The van der Waals surface area contributed by atoms with Gasteiger partial charge in [-0.1, -0.05) is 12.1 Å². The topological polar surface area (TPSA) is 90.7 Å². The minimum atomic E-state index is -0.310. The second-order valence-electron chi connectivity index (χ2n) is 6.16. The van der Waals surface area contributed by atoms with Crippen LogP contribution >= 0.6 is 0 Å². The number of nitrogens with one attached hydrogen (secondary N) is 2. The predicted molar refractivity (Wildman–Crippen MR) is 104 cm³/mol. The largest absolute Gasteiger partial charge is 0.350 e. The number of aromatic nitrogens is 2. The number of nitriles is 1. The Kier molecular flexibility index (Phi) is 5.92. The van der Waals surface area contributed by atoms with Crippen LogP contribution in [0.3, 0.4) is 0 Å². The molecule has 0 saturated heterocycles. The van der Waals surface area contributed by atoms with Crippen LogP contribution in [0.25, 0.3) is 0 Å². The fourth-order valence-electron chi connectivity index (χ4n) is 2.56. The lowest BCUT2D eigenvalue weighted by Gasteiger charge is -2.09. The van der Waals surface area contributed by atoms with Crippen molar-refractivity contribution in [2.75, 3.05) is 11.9 Å². The first kappa shape index (κ1) is 19.0. The number of aryl methyl sites for hydroxylation is 1. The molecule has 1 amide bonds. The Hall–Kier alpha value is -3.79. The average Bonchev–Trinajstić information content (AvgIpc) is 2.69. The summed E-state index contributed by atoms with van der Waals surface area (Å²) in [5.74, 6) is -0.296. The first-order valence-corrected chi connectivity index (χ1v) is 8.69. The summed E-state index contributed by atoms with van der Waals surface area (Å²) in [6.07, 6.45) is 0.590. The van der Waals surface area contributed by atoms with Gasteiger partial charge in [-0.3, -0.25) is 4.79 Å². The first-order valence-electron chi connectivity index (χ1n) is 8.69. The highest BCUT2D eigenvalue weighted by Gasteiger charge is 2.10. The fraction of sp³-hybridized carbons (Fsp3) is 0.143. The number of anilines is 2. The van der Waals surface area contributed by atoms with Crippen LogP contribution in [0.5, 0.6) is 0 Å². The van der Waals surface area contributed by atoms with Gasteiger partial charge in [-0.25, -0.2) is 14.4 Å². The van der Waals surface area contributed by atoms with Gasteiger partial charge in [-0.2, -0.15) is 5.26 Å². The van der Waals surface area contributed by atoms with Gasteiger partial charge in [0.25, 0.3) is 5.91 Å². The van der Waals surface area contributed by atoms with Crippen molar-refractivity contribution in [2.45, 2.75) is 13.3 Å². The summed E-state index contributed by atoms with van der Waals surface area (Å²) < 4.78 is 12.9. The summed E-state index contributed by atoms with van der Waals surface area (Å²) in [7, 11) is 0. The molecule has 6 nitrogen and oxygen atoms in total. The van der Waals surface area contributed by atoms with E-state index in [2.05, 4.69) is 26.7 Å². The molecule has 0 radical (unpaired) electrons. The van der Waals surface area contributed by atoms with Gasteiger partial charge >= 0.3 is 0 Å². The number of carbonyl (C=O) groups is 1. The van der Waals surface area contributed by atoms with Crippen molar-refractivity contribution in [3.8, 4) is 6.07 Å². The quantitative estimate of drug-likeness (QED) is 0.688. The lowest BCUT2D eigenvalue weighted by molar-refractivity contribution is 0.0949. The summed E-state index contributed by atoms with van der Waals surface area (Å²) in [5.41, 5.74) is 3.10. The van der Waals surface area contributed by atoms with Crippen LogP contribution in [-0.4, -0.2) is 22.4 Å². The van der Waals surface area contributed by atoms with Crippen molar-refractivity contribution in [1.82, 2.24) is 15.3 Å². The number of halogens is 1. The van der Waals surface area contributed by atoms with Crippen molar-refractivity contribution in [2.24, 2.45) is 0 Å². The summed E-state index contributed by atoms with van der Waals surface area (Å²) in [6, 6.07) is 16.7. The minimum Gasteiger partial charge on any atom is -0.350 e. The molecule has 3 aromatic rings. The first-order chi connectivity index (χ1) is 13.5. The van der Waals surface area contributed by atoms with Crippen molar-refractivity contribution in [3.05, 3.63) is 82.9 Å². The Bertz CT molecular complexity index is 1010. The number of benzene rings is 2. The van der Waals surface area contributed by atoms with E-state index in [1.54, 1.807) is 49.4 Å². The molecule has 0 unspecified atom stereocenters. The molecule has 0 aliphatic carbocycles. The van der Waals surface area contributed by atoms with Crippen molar-refractivity contribution < 1.29 is 9.18 Å². The van der Waals surface area contributed by atoms with Crippen LogP contribution in [-0.2, 0) is 6.42 Å². The Balaban J connectivity index is 1.63. The molecule has 1 heterocycles. The van der Waals surface area contributed by atoms with E-state index in [1.807, 2.05) is 0 Å². The van der Waals surface area contributed by atoms with Gasteiger partial charge < -0.3 is 10.6 Å². The minimum absolute atomic E-state index is 0.253. The van der Waals surface area contributed by atoms with Crippen LogP contribution in [0.4, 0.5) is 16.0 Å². The Morgan fingerprint density at radius 1 is 1.11 bits per heavy atom.